The minimum atomic E-state index is 0.389. The number of aromatic amines is 1. The summed E-state index contributed by atoms with van der Waals surface area (Å²) in [6.07, 6.45) is 0. The Morgan fingerprint density at radius 3 is 2.71 bits per heavy atom. The molecule has 0 fully saturated rings. The van der Waals surface area contributed by atoms with Crippen LogP contribution in [-0.4, -0.2) is 8.75 Å². The third-order valence-corrected chi connectivity index (χ3v) is 1.93. The molecule has 0 aliphatic heterocycles. The van der Waals surface area contributed by atoms with E-state index >= 15 is 0 Å². The highest BCUT2D eigenvalue weighted by Crippen LogP contribution is 2.04. The van der Waals surface area contributed by atoms with E-state index in [1.54, 1.807) is 0 Å². The molecule has 38 valence electrons. The average molecular weight is 153 g/mol. The van der Waals surface area contributed by atoms with Gasteiger partial charge in [0.1, 0.15) is 0 Å². The van der Waals surface area contributed by atoms with E-state index in [-0.39, 0.29) is 0 Å². The molecule has 1 N–H and O–H groups in total. The molecule has 0 aromatic carbocycles. The first-order chi connectivity index (χ1) is 3.30. The summed E-state index contributed by atoms with van der Waals surface area (Å²) in [4.78, 5) is 0. The van der Waals surface area contributed by atoms with Gasteiger partial charge in [-0.15, -0.1) is 0 Å². The molecule has 1 aromatic heterocycles. The number of hydrogen-bond donors (Lipinski definition) is 1. The van der Waals surface area contributed by atoms with E-state index in [0.717, 1.165) is 11.7 Å². The molecule has 0 atom stereocenters. The Bertz CT molecular complexity index is 201. The van der Waals surface area contributed by atoms with Gasteiger partial charge < -0.3 is 0 Å². The van der Waals surface area contributed by atoms with E-state index in [2.05, 4.69) is 21.0 Å². The van der Waals surface area contributed by atoms with Gasteiger partial charge in [0.15, 0.2) is 9.79 Å². The zero-order valence-electron chi connectivity index (χ0n) is 3.14. The van der Waals surface area contributed by atoms with Crippen molar-refractivity contribution in [2.75, 3.05) is 0 Å². The smallest absolute Gasteiger partial charge is 0.178 e. The lowest BCUT2D eigenvalue weighted by atomic mass is 10.9. The molecule has 0 saturated heterocycles. The third kappa shape index (κ3) is 0.992. The Labute approximate surface area is 54.5 Å². The molecular formula is C2HClN2S2. The van der Waals surface area contributed by atoms with Gasteiger partial charge >= 0.3 is 0 Å². The average Bonchev–Trinajstić information content (AvgIpc) is 1.91. The van der Waals surface area contributed by atoms with Crippen molar-refractivity contribution in [3.05, 3.63) is 9.79 Å². The van der Waals surface area contributed by atoms with E-state index in [4.69, 9.17) is 11.6 Å². The molecule has 0 saturated carbocycles. The van der Waals surface area contributed by atoms with Gasteiger partial charge in [0, 0.05) is 11.7 Å². The van der Waals surface area contributed by atoms with Crippen LogP contribution in [0.1, 0.15) is 0 Å². The number of rotatable bonds is 0. The molecule has 0 bridgehead atoms. The van der Waals surface area contributed by atoms with Crippen molar-refractivity contribution >= 4 is 35.5 Å². The Kier molecular flexibility index (Phi) is 1.41. The van der Waals surface area contributed by atoms with Crippen LogP contribution in [0.15, 0.2) is 0 Å². The van der Waals surface area contributed by atoms with Gasteiger partial charge in [-0.25, -0.2) is 0 Å². The molecule has 1 rings (SSSR count). The summed E-state index contributed by atoms with van der Waals surface area (Å²) in [5, 5.41) is 0.389. The molecular weight excluding hydrogens is 152 g/mol. The fraction of sp³-hybridized carbons (Fsp3) is 0. The molecule has 0 amide bonds. The highest BCUT2D eigenvalue weighted by Gasteiger charge is 1.88. The minimum absolute atomic E-state index is 0.389. The second-order valence-electron chi connectivity index (χ2n) is 0.905. The number of halogens is 1. The Morgan fingerprint density at radius 2 is 2.57 bits per heavy atom. The van der Waals surface area contributed by atoms with Crippen molar-refractivity contribution in [3.8, 4) is 0 Å². The lowest BCUT2D eigenvalue weighted by Gasteiger charge is -1.62. The van der Waals surface area contributed by atoms with Crippen molar-refractivity contribution < 1.29 is 0 Å². The van der Waals surface area contributed by atoms with Crippen molar-refractivity contribution in [1.82, 2.24) is 8.75 Å². The van der Waals surface area contributed by atoms with Crippen molar-refractivity contribution in [2.24, 2.45) is 0 Å². The summed E-state index contributed by atoms with van der Waals surface area (Å²) < 4.78 is 6.87. The normalized spacial score (nSPS) is 9.29. The monoisotopic (exact) mass is 152 g/mol. The first-order valence-electron chi connectivity index (χ1n) is 1.50. The summed E-state index contributed by atoms with van der Waals surface area (Å²) >= 11 is 11.2. The number of H-pyrrole nitrogens is 1. The van der Waals surface area contributed by atoms with Crippen LogP contribution in [0.25, 0.3) is 0 Å². The third-order valence-electron chi connectivity index (χ3n) is 0.451. The molecule has 0 radical (unpaired) electrons. The summed E-state index contributed by atoms with van der Waals surface area (Å²) in [7, 11) is 0. The summed E-state index contributed by atoms with van der Waals surface area (Å²) in [6, 6.07) is 0. The Balaban J connectivity index is 3.39. The highest BCUT2D eigenvalue weighted by atomic mass is 35.5. The van der Waals surface area contributed by atoms with Gasteiger partial charge in [0.2, 0.25) is 0 Å². The summed E-state index contributed by atoms with van der Waals surface area (Å²) in [5.41, 5.74) is 0. The molecule has 1 aromatic rings. The highest BCUT2D eigenvalue weighted by molar-refractivity contribution is 7.71. The number of aromatic nitrogens is 2. The van der Waals surface area contributed by atoms with E-state index in [1.165, 1.54) is 0 Å². The molecule has 0 unspecified atom stereocenters. The summed E-state index contributed by atoms with van der Waals surface area (Å²) in [6.45, 7) is 0. The Morgan fingerprint density at radius 1 is 1.86 bits per heavy atom. The van der Waals surface area contributed by atoms with E-state index in [9.17, 15) is 0 Å². The van der Waals surface area contributed by atoms with Crippen LogP contribution in [0.2, 0.25) is 5.15 Å². The minimum Gasteiger partial charge on any atom is -0.283 e. The molecule has 7 heavy (non-hydrogen) atoms. The van der Waals surface area contributed by atoms with Crippen LogP contribution in [0.3, 0.4) is 0 Å². The molecule has 0 spiro atoms. The van der Waals surface area contributed by atoms with Crippen LogP contribution in [0, 0.1) is 4.64 Å². The van der Waals surface area contributed by atoms with Gasteiger partial charge in [-0.3, -0.25) is 4.37 Å². The topological polar surface area (TPSA) is 28.7 Å². The van der Waals surface area contributed by atoms with Gasteiger partial charge in [0.05, 0.1) is 0 Å². The second-order valence-corrected chi connectivity index (χ2v) is 2.24. The van der Waals surface area contributed by atoms with E-state index < -0.39 is 0 Å². The maximum Gasteiger partial charge on any atom is 0.178 e. The standard InChI is InChI=1S/C2HClN2S2/c3-1-2(6)5-7-4-1/h(H,5,6). The Hall–Kier alpha value is 0.0700. The molecule has 0 aliphatic rings. The number of nitrogens with one attached hydrogen (secondary N) is 1. The fourth-order valence-corrected chi connectivity index (χ4v) is 1.01. The SMILES string of the molecule is S=c1[nH]snc1Cl. The van der Waals surface area contributed by atoms with E-state index in [0.29, 0.717) is 9.79 Å². The first-order valence-corrected chi connectivity index (χ1v) is 3.06. The van der Waals surface area contributed by atoms with Gasteiger partial charge in [-0.2, -0.15) is 4.37 Å². The number of hydrogen-bond acceptors (Lipinski definition) is 3. The van der Waals surface area contributed by atoms with Gasteiger partial charge in [0.25, 0.3) is 0 Å². The zero-order valence-corrected chi connectivity index (χ0v) is 5.53. The molecule has 1 heterocycles. The first kappa shape index (κ1) is 5.21. The zero-order chi connectivity index (χ0) is 5.28. The predicted molar refractivity (Wildman–Crippen MR) is 32.3 cm³/mol. The quantitative estimate of drug-likeness (QED) is 0.575. The molecule has 2 nitrogen and oxygen atoms in total. The van der Waals surface area contributed by atoms with Crippen LogP contribution in [0.4, 0.5) is 0 Å². The van der Waals surface area contributed by atoms with Gasteiger partial charge in [-0.05, 0) is 0 Å². The maximum absolute atomic E-state index is 5.39. The fourth-order valence-electron chi connectivity index (χ4n) is 0.188. The summed E-state index contributed by atoms with van der Waals surface area (Å²) in [5.74, 6) is 0. The second kappa shape index (κ2) is 1.90. The van der Waals surface area contributed by atoms with Crippen LogP contribution < -0.4 is 0 Å². The lowest BCUT2D eigenvalue weighted by molar-refractivity contribution is 1.49. The largest absolute Gasteiger partial charge is 0.283 e. The van der Waals surface area contributed by atoms with Crippen LogP contribution in [0.5, 0.6) is 0 Å². The van der Waals surface area contributed by atoms with Crippen LogP contribution >= 0.6 is 35.5 Å². The lowest BCUT2D eigenvalue weighted by Crippen LogP contribution is -1.54. The molecule has 0 aliphatic carbocycles. The van der Waals surface area contributed by atoms with E-state index in [1.807, 2.05) is 0 Å². The van der Waals surface area contributed by atoms with Crippen molar-refractivity contribution in [1.29, 1.82) is 0 Å². The van der Waals surface area contributed by atoms with Crippen LogP contribution in [-0.2, 0) is 0 Å². The molecule has 5 heteroatoms. The van der Waals surface area contributed by atoms with Crippen molar-refractivity contribution in [3.63, 3.8) is 0 Å². The van der Waals surface area contributed by atoms with Gasteiger partial charge in [-0.1, -0.05) is 23.8 Å². The maximum atomic E-state index is 5.39. The number of nitrogens with zero attached hydrogens (tertiary/aromatic N) is 1. The predicted octanol–water partition coefficient (Wildman–Crippen LogP) is 1.85. The van der Waals surface area contributed by atoms with Crippen molar-refractivity contribution in [2.45, 2.75) is 0 Å².